The monoisotopic (exact) mass is 337 g/mol. The molecule has 4 heteroatoms. The van der Waals surface area contributed by atoms with E-state index < -0.39 is 0 Å². The van der Waals surface area contributed by atoms with Crippen LogP contribution in [0.3, 0.4) is 0 Å². The number of hydrogen-bond donors (Lipinski definition) is 1. The van der Waals surface area contributed by atoms with Crippen molar-refractivity contribution in [3.05, 3.63) is 52.8 Å². The molecule has 4 nitrogen and oxygen atoms in total. The molecular weight excluding hydrogens is 310 g/mol. The van der Waals surface area contributed by atoms with Gasteiger partial charge in [-0.2, -0.15) is 5.10 Å². The number of fused-ring (bicyclic) bond motifs is 1. The molecule has 1 heterocycles. The van der Waals surface area contributed by atoms with Gasteiger partial charge in [0, 0.05) is 17.7 Å². The van der Waals surface area contributed by atoms with E-state index in [1.54, 1.807) is 0 Å². The highest BCUT2D eigenvalue weighted by Gasteiger charge is 2.53. The van der Waals surface area contributed by atoms with E-state index in [0.717, 1.165) is 17.3 Å². The molecule has 132 valence electrons. The van der Waals surface area contributed by atoms with Crippen LogP contribution in [0.25, 0.3) is 0 Å². The summed E-state index contributed by atoms with van der Waals surface area (Å²) in [6.07, 6.45) is 3.84. The normalized spacial score (nSPS) is 27.6. The maximum Gasteiger partial charge on any atom is 0.241 e. The molecule has 25 heavy (non-hydrogen) atoms. The number of carbonyl (C=O) groups is 1. The first-order valence-corrected chi connectivity index (χ1v) is 9.41. The third kappa shape index (κ3) is 2.78. The van der Waals surface area contributed by atoms with E-state index in [9.17, 15) is 4.79 Å². The molecular formula is C21H27N3O. The maximum absolute atomic E-state index is 12.7. The van der Waals surface area contributed by atoms with E-state index in [1.165, 1.54) is 30.4 Å². The third-order valence-electron chi connectivity index (χ3n) is 6.48. The fourth-order valence-electron chi connectivity index (χ4n) is 4.93. The highest BCUT2D eigenvalue weighted by molar-refractivity contribution is 5.76. The molecule has 0 spiro atoms. The van der Waals surface area contributed by atoms with E-state index in [2.05, 4.69) is 47.7 Å². The van der Waals surface area contributed by atoms with Crippen molar-refractivity contribution in [2.24, 2.45) is 11.8 Å². The van der Waals surface area contributed by atoms with Crippen LogP contribution in [-0.2, 0) is 11.3 Å². The summed E-state index contributed by atoms with van der Waals surface area (Å²) in [7, 11) is 0. The Hall–Kier alpha value is -2.10. The van der Waals surface area contributed by atoms with Gasteiger partial charge in [-0.3, -0.25) is 9.48 Å². The van der Waals surface area contributed by atoms with Gasteiger partial charge in [-0.25, -0.2) is 0 Å². The average Bonchev–Trinajstić information content (AvgIpc) is 3.11. The van der Waals surface area contributed by atoms with Gasteiger partial charge in [-0.05, 0) is 56.6 Å². The van der Waals surface area contributed by atoms with Crippen molar-refractivity contribution >= 4 is 5.91 Å². The summed E-state index contributed by atoms with van der Waals surface area (Å²) in [6.45, 7) is 6.41. The van der Waals surface area contributed by atoms with Crippen LogP contribution in [0.5, 0.6) is 0 Å². The molecule has 2 aliphatic rings. The molecule has 0 radical (unpaired) electrons. The van der Waals surface area contributed by atoms with Crippen LogP contribution < -0.4 is 5.32 Å². The van der Waals surface area contributed by atoms with Crippen LogP contribution in [0.4, 0.5) is 0 Å². The minimum Gasteiger partial charge on any atom is -0.351 e. The van der Waals surface area contributed by atoms with Crippen LogP contribution >= 0.6 is 0 Å². The van der Waals surface area contributed by atoms with Gasteiger partial charge >= 0.3 is 0 Å². The molecule has 0 aliphatic heterocycles. The van der Waals surface area contributed by atoms with Crippen molar-refractivity contribution in [2.75, 3.05) is 0 Å². The van der Waals surface area contributed by atoms with Gasteiger partial charge < -0.3 is 5.32 Å². The summed E-state index contributed by atoms with van der Waals surface area (Å²) in [5, 5.41) is 7.84. The van der Waals surface area contributed by atoms with Crippen molar-refractivity contribution in [3.63, 3.8) is 0 Å². The Morgan fingerprint density at radius 3 is 2.56 bits per heavy atom. The molecule has 2 aromatic rings. The molecule has 2 fully saturated rings. The number of rotatable bonds is 4. The predicted molar refractivity (Wildman–Crippen MR) is 98.4 cm³/mol. The lowest BCUT2D eigenvalue weighted by atomic mass is 9.60. The van der Waals surface area contributed by atoms with Crippen molar-refractivity contribution in [3.8, 4) is 0 Å². The van der Waals surface area contributed by atoms with Crippen molar-refractivity contribution < 1.29 is 4.79 Å². The number of nitrogens with zero attached hydrogens (tertiary/aromatic N) is 2. The SMILES string of the molecule is Cc1nn(CC(=O)N[C@@H]2C3CCCC3[C@H]2c2ccccc2)c(C)c1C. The van der Waals surface area contributed by atoms with Crippen molar-refractivity contribution in [1.29, 1.82) is 0 Å². The van der Waals surface area contributed by atoms with E-state index >= 15 is 0 Å². The number of hydrogen-bond acceptors (Lipinski definition) is 2. The Morgan fingerprint density at radius 2 is 1.88 bits per heavy atom. The molecule has 2 saturated carbocycles. The van der Waals surface area contributed by atoms with Gasteiger partial charge in [0.1, 0.15) is 6.54 Å². The number of aryl methyl sites for hydroxylation is 1. The van der Waals surface area contributed by atoms with E-state index in [4.69, 9.17) is 0 Å². The Morgan fingerprint density at radius 1 is 1.16 bits per heavy atom. The molecule has 4 rings (SSSR count). The maximum atomic E-state index is 12.7. The van der Waals surface area contributed by atoms with Crippen LogP contribution in [0.15, 0.2) is 30.3 Å². The zero-order chi connectivity index (χ0) is 17.6. The first kappa shape index (κ1) is 16.4. The standard InChI is InChI=1S/C21H27N3O/c1-13-14(2)23-24(15(13)3)12-19(25)22-21-18-11-7-10-17(18)20(21)16-8-5-4-6-9-16/h4-6,8-9,17-18,20-21H,7,10-12H2,1-3H3,(H,22,25)/t17?,18?,20-,21-/m1/s1. The summed E-state index contributed by atoms with van der Waals surface area (Å²) in [4.78, 5) is 12.7. The van der Waals surface area contributed by atoms with Crippen molar-refractivity contribution in [1.82, 2.24) is 15.1 Å². The van der Waals surface area contributed by atoms with Crippen molar-refractivity contribution in [2.45, 2.75) is 58.5 Å². The number of carbonyl (C=O) groups excluding carboxylic acids is 1. The quantitative estimate of drug-likeness (QED) is 0.928. The third-order valence-corrected chi connectivity index (χ3v) is 6.48. The summed E-state index contributed by atoms with van der Waals surface area (Å²) >= 11 is 0. The molecule has 2 aliphatic carbocycles. The zero-order valence-corrected chi connectivity index (χ0v) is 15.3. The molecule has 0 saturated heterocycles. The molecule has 2 unspecified atom stereocenters. The van der Waals surface area contributed by atoms with Gasteiger partial charge in [-0.1, -0.05) is 36.8 Å². The van der Waals surface area contributed by atoms with Crippen LogP contribution in [0.1, 0.15) is 47.7 Å². The lowest BCUT2D eigenvalue weighted by molar-refractivity contribution is -0.124. The highest BCUT2D eigenvalue weighted by Crippen LogP contribution is 2.55. The van der Waals surface area contributed by atoms with E-state index in [1.807, 2.05) is 18.5 Å². The second kappa shape index (κ2) is 6.32. The highest BCUT2D eigenvalue weighted by atomic mass is 16.2. The molecule has 1 aromatic carbocycles. The van der Waals surface area contributed by atoms with Crippen LogP contribution in [0, 0.1) is 32.6 Å². The first-order chi connectivity index (χ1) is 12.1. The lowest BCUT2D eigenvalue weighted by Gasteiger charge is -2.49. The van der Waals surface area contributed by atoms with Gasteiger partial charge in [0.05, 0.1) is 5.69 Å². The largest absolute Gasteiger partial charge is 0.351 e. The molecule has 1 amide bonds. The van der Waals surface area contributed by atoms with E-state index in [0.29, 0.717) is 18.4 Å². The van der Waals surface area contributed by atoms with E-state index in [-0.39, 0.29) is 11.9 Å². The van der Waals surface area contributed by atoms with Gasteiger partial charge in [0.2, 0.25) is 5.91 Å². The average molecular weight is 337 g/mol. The smallest absolute Gasteiger partial charge is 0.241 e. The number of benzene rings is 1. The summed E-state index contributed by atoms with van der Waals surface area (Å²) in [5.74, 6) is 1.95. The van der Waals surface area contributed by atoms with Gasteiger partial charge in [0.15, 0.2) is 0 Å². The molecule has 1 aromatic heterocycles. The number of aromatic nitrogens is 2. The fraction of sp³-hybridized carbons (Fsp3) is 0.524. The van der Waals surface area contributed by atoms with Crippen LogP contribution in [-0.4, -0.2) is 21.7 Å². The first-order valence-electron chi connectivity index (χ1n) is 9.41. The lowest BCUT2D eigenvalue weighted by Crippen LogP contribution is -2.57. The summed E-state index contributed by atoms with van der Waals surface area (Å²) in [5.41, 5.74) is 4.64. The Labute approximate surface area is 149 Å². The molecule has 0 bridgehead atoms. The van der Waals surface area contributed by atoms with Gasteiger partial charge in [0.25, 0.3) is 0 Å². The Balaban J connectivity index is 1.48. The molecule has 4 atom stereocenters. The summed E-state index contributed by atoms with van der Waals surface area (Å²) in [6, 6.07) is 11.0. The number of nitrogens with one attached hydrogen (secondary N) is 1. The van der Waals surface area contributed by atoms with Gasteiger partial charge in [-0.15, -0.1) is 0 Å². The minimum absolute atomic E-state index is 0.0851. The zero-order valence-electron chi connectivity index (χ0n) is 15.3. The predicted octanol–water partition coefficient (Wildman–Crippen LogP) is 3.51. The Bertz CT molecular complexity index is 780. The topological polar surface area (TPSA) is 46.9 Å². The Kier molecular flexibility index (Phi) is 4.14. The number of amides is 1. The second-order valence-electron chi connectivity index (χ2n) is 7.74. The second-order valence-corrected chi connectivity index (χ2v) is 7.74. The fourth-order valence-corrected chi connectivity index (χ4v) is 4.93. The molecule has 1 N–H and O–H groups in total. The summed E-state index contributed by atoms with van der Waals surface area (Å²) < 4.78 is 1.84. The minimum atomic E-state index is 0.0851. The van der Waals surface area contributed by atoms with Crippen LogP contribution in [0.2, 0.25) is 0 Å².